The van der Waals surface area contributed by atoms with Gasteiger partial charge in [-0.05, 0) is 18.2 Å². The maximum atomic E-state index is 11.1. The van der Waals surface area contributed by atoms with Crippen LogP contribution in [0, 0.1) is 0 Å². The van der Waals surface area contributed by atoms with E-state index in [1.54, 1.807) is 7.11 Å². The van der Waals surface area contributed by atoms with Crippen molar-refractivity contribution >= 4 is 11.3 Å². The molecule has 6 heteroatoms. The van der Waals surface area contributed by atoms with Crippen LogP contribution in [0.3, 0.4) is 0 Å². The lowest BCUT2D eigenvalue weighted by Gasteiger charge is -2.27. The van der Waals surface area contributed by atoms with Crippen LogP contribution in [-0.4, -0.2) is 18.7 Å². The van der Waals surface area contributed by atoms with Crippen LogP contribution >= 0.6 is 11.3 Å². The lowest BCUT2D eigenvalue weighted by Crippen LogP contribution is -2.27. The number of thiazole rings is 1. The van der Waals surface area contributed by atoms with Gasteiger partial charge in [-0.25, -0.2) is 0 Å². The number of aromatic nitrogens is 1. The Hall–Kier alpha value is -1.79. The summed E-state index contributed by atoms with van der Waals surface area (Å²) in [5.41, 5.74) is 2.02. The third-order valence-electron chi connectivity index (χ3n) is 3.37. The molecule has 1 aromatic carbocycles. The van der Waals surface area contributed by atoms with Gasteiger partial charge < -0.3 is 19.8 Å². The van der Waals surface area contributed by atoms with E-state index in [1.807, 2.05) is 23.6 Å². The van der Waals surface area contributed by atoms with Gasteiger partial charge in [-0.2, -0.15) is 0 Å². The maximum absolute atomic E-state index is 11.1. The zero-order valence-electron chi connectivity index (χ0n) is 11.1. The van der Waals surface area contributed by atoms with Crippen molar-refractivity contribution in [3.63, 3.8) is 0 Å². The molecule has 5 nitrogen and oxygen atoms in total. The summed E-state index contributed by atoms with van der Waals surface area (Å²) in [4.78, 5) is 13.9. The fourth-order valence-corrected chi connectivity index (χ4v) is 2.93. The molecule has 106 valence electrons. The lowest BCUT2D eigenvalue weighted by atomic mass is 10.00. The maximum Gasteiger partial charge on any atom is 0.304 e. The first-order valence-electron chi connectivity index (χ1n) is 6.47. The zero-order valence-corrected chi connectivity index (χ0v) is 12.0. The summed E-state index contributed by atoms with van der Waals surface area (Å²) in [6.45, 7) is 1.33. The minimum absolute atomic E-state index is 0.0177. The number of fused-ring (bicyclic) bond motifs is 1. The second-order valence-corrected chi connectivity index (χ2v) is 5.49. The van der Waals surface area contributed by atoms with Crippen molar-refractivity contribution in [1.82, 2.24) is 10.3 Å². The van der Waals surface area contributed by atoms with Crippen LogP contribution in [0.5, 0.6) is 11.5 Å². The number of H-pyrrole nitrogens is 1. The van der Waals surface area contributed by atoms with E-state index in [2.05, 4.69) is 10.3 Å². The van der Waals surface area contributed by atoms with Gasteiger partial charge in [-0.1, -0.05) is 11.3 Å². The van der Waals surface area contributed by atoms with Gasteiger partial charge in [-0.15, -0.1) is 0 Å². The average Bonchev–Trinajstić information content (AvgIpc) is 2.90. The summed E-state index contributed by atoms with van der Waals surface area (Å²) in [6.07, 6.45) is 0.897. The molecule has 20 heavy (non-hydrogen) atoms. The summed E-state index contributed by atoms with van der Waals surface area (Å²) >= 11 is 1.19. The average molecular weight is 292 g/mol. The lowest BCUT2D eigenvalue weighted by molar-refractivity contribution is 0.251. The molecule has 1 aromatic heterocycles. The molecule has 0 amide bonds. The van der Waals surface area contributed by atoms with Crippen LogP contribution in [0.15, 0.2) is 28.4 Å². The van der Waals surface area contributed by atoms with E-state index >= 15 is 0 Å². The number of ether oxygens (including phenoxy) is 2. The van der Waals surface area contributed by atoms with Gasteiger partial charge >= 0.3 is 4.87 Å². The van der Waals surface area contributed by atoms with E-state index in [4.69, 9.17) is 9.47 Å². The van der Waals surface area contributed by atoms with Gasteiger partial charge in [0.05, 0.1) is 13.7 Å². The predicted octanol–water partition coefficient (Wildman–Crippen LogP) is 2.06. The van der Waals surface area contributed by atoms with Crippen LogP contribution in [0.2, 0.25) is 0 Å². The normalized spacial score (nSPS) is 17.4. The van der Waals surface area contributed by atoms with Crippen molar-refractivity contribution in [3.05, 3.63) is 44.5 Å². The number of benzene rings is 1. The second-order valence-electron chi connectivity index (χ2n) is 4.65. The molecular weight excluding hydrogens is 276 g/mol. The molecule has 1 unspecified atom stereocenters. The van der Waals surface area contributed by atoms with Crippen molar-refractivity contribution in [2.75, 3.05) is 13.7 Å². The van der Waals surface area contributed by atoms with Crippen LogP contribution in [-0.2, 0) is 6.54 Å². The Labute approximate surface area is 120 Å². The van der Waals surface area contributed by atoms with Crippen molar-refractivity contribution < 1.29 is 9.47 Å². The smallest absolute Gasteiger partial charge is 0.304 e. The first kappa shape index (κ1) is 13.2. The van der Waals surface area contributed by atoms with Crippen LogP contribution in [0.25, 0.3) is 0 Å². The van der Waals surface area contributed by atoms with Gasteiger partial charge in [0.1, 0.15) is 11.5 Å². The minimum atomic E-state index is -0.0177. The quantitative estimate of drug-likeness (QED) is 0.905. The number of aromatic amines is 1. The molecule has 3 rings (SSSR count). The van der Waals surface area contributed by atoms with Gasteiger partial charge in [0.25, 0.3) is 0 Å². The summed E-state index contributed by atoms with van der Waals surface area (Å²) in [5, 5.41) is 5.31. The molecule has 2 N–H and O–H groups in total. The molecule has 1 aliphatic rings. The minimum Gasteiger partial charge on any atom is -0.497 e. The van der Waals surface area contributed by atoms with E-state index in [-0.39, 0.29) is 10.9 Å². The molecule has 0 saturated carbocycles. The monoisotopic (exact) mass is 292 g/mol. The van der Waals surface area contributed by atoms with E-state index in [9.17, 15) is 4.79 Å². The molecule has 2 heterocycles. The Morgan fingerprint density at radius 1 is 1.55 bits per heavy atom. The van der Waals surface area contributed by atoms with Gasteiger partial charge in [0.15, 0.2) is 0 Å². The fourth-order valence-electron chi connectivity index (χ4n) is 2.35. The summed E-state index contributed by atoms with van der Waals surface area (Å²) in [6, 6.07) is 6.05. The van der Waals surface area contributed by atoms with Crippen LogP contribution in [0.4, 0.5) is 0 Å². The first-order valence-corrected chi connectivity index (χ1v) is 7.35. The van der Waals surface area contributed by atoms with Gasteiger partial charge in [0.2, 0.25) is 0 Å². The van der Waals surface area contributed by atoms with Crippen LogP contribution in [0.1, 0.15) is 23.7 Å². The summed E-state index contributed by atoms with van der Waals surface area (Å²) < 4.78 is 10.9. The molecular formula is C14H16N2O3S. The Balaban J connectivity index is 1.76. The molecule has 0 radical (unpaired) electrons. The Morgan fingerprint density at radius 3 is 3.20 bits per heavy atom. The third-order valence-corrected chi connectivity index (χ3v) is 4.08. The molecule has 0 saturated heterocycles. The van der Waals surface area contributed by atoms with E-state index in [0.717, 1.165) is 29.2 Å². The largest absolute Gasteiger partial charge is 0.497 e. The number of methoxy groups -OCH3 is 1. The van der Waals surface area contributed by atoms with Gasteiger partial charge in [0, 0.05) is 35.6 Å². The highest BCUT2D eigenvalue weighted by Crippen LogP contribution is 2.34. The number of nitrogens with one attached hydrogen (secondary N) is 2. The van der Waals surface area contributed by atoms with Crippen molar-refractivity contribution in [3.8, 4) is 11.5 Å². The number of hydrogen-bond donors (Lipinski definition) is 2. The van der Waals surface area contributed by atoms with Crippen molar-refractivity contribution in [1.29, 1.82) is 0 Å². The fraction of sp³-hybridized carbons (Fsp3) is 0.357. The number of rotatable bonds is 4. The first-order chi connectivity index (χ1) is 9.76. The highest BCUT2D eigenvalue weighted by atomic mass is 32.1. The number of hydrogen-bond acceptors (Lipinski definition) is 5. The molecule has 0 aliphatic carbocycles. The SMILES string of the molecule is COc1ccc2c(c1)C(NCc1csc(=O)[nH]1)CCO2. The Kier molecular flexibility index (Phi) is 3.75. The summed E-state index contributed by atoms with van der Waals surface area (Å²) in [7, 11) is 1.66. The standard InChI is InChI=1S/C14H16N2O3S/c1-18-10-2-3-13-11(6-10)12(4-5-19-13)15-7-9-8-20-14(17)16-9/h2-3,6,8,12,15H,4-5,7H2,1H3,(H,16,17). The van der Waals surface area contributed by atoms with Crippen LogP contribution < -0.4 is 19.7 Å². The molecule has 1 atom stereocenters. The van der Waals surface area contributed by atoms with E-state index < -0.39 is 0 Å². The summed E-state index contributed by atoms with van der Waals surface area (Å²) in [5.74, 6) is 1.72. The molecule has 0 spiro atoms. The predicted molar refractivity (Wildman–Crippen MR) is 77.6 cm³/mol. The highest BCUT2D eigenvalue weighted by molar-refractivity contribution is 7.07. The highest BCUT2D eigenvalue weighted by Gasteiger charge is 2.21. The zero-order chi connectivity index (χ0) is 13.9. The van der Waals surface area contributed by atoms with Gasteiger partial charge in [-0.3, -0.25) is 4.79 Å². The third kappa shape index (κ3) is 2.71. The molecule has 1 aliphatic heterocycles. The van der Waals surface area contributed by atoms with E-state index in [0.29, 0.717) is 13.2 Å². The Morgan fingerprint density at radius 2 is 2.45 bits per heavy atom. The molecule has 0 fully saturated rings. The Bertz CT molecular complexity index is 650. The van der Waals surface area contributed by atoms with Crippen molar-refractivity contribution in [2.45, 2.75) is 19.0 Å². The molecule has 0 bridgehead atoms. The molecule has 2 aromatic rings. The topological polar surface area (TPSA) is 63.3 Å². The van der Waals surface area contributed by atoms with Crippen molar-refractivity contribution in [2.24, 2.45) is 0 Å². The second kappa shape index (κ2) is 5.68. The van der Waals surface area contributed by atoms with E-state index in [1.165, 1.54) is 11.3 Å².